The zero-order valence-corrected chi connectivity index (χ0v) is 33.8. The molecule has 1 aliphatic heterocycles. The average molecular weight is 840 g/mol. The molecule has 328 valence electrons. The smallest absolute Gasteiger partial charge is 0.248 e. The topological polar surface area (TPSA) is 339 Å². The Morgan fingerprint density at radius 1 is 0.750 bits per heavy atom. The highest BCUT2D eigenvalue weighted by Gasteiger charge is 2.41. The lowest BCUT2D eigenvalue weighted by Crippen LogP contribution is -2.62. The Hall–Kier alpha value is -6.12. The maximum Gasteiger partial charge on any atom is 0.248 e. The number of primary amides is 2. The maximum absolute atomic E-state index is 13.8. The van der Waals surface area contributed by atoms with Crippen LogP contribution in [0.5, 0.6) is 5.75 Å². The largest absolute Gasteiger partial charge is 0.508 e. The number of benzene rings is 2. The van der Waals surface area contributed by atoms with Crippen molar-refractivity contribution in [3.8, 4) is 5.75 Å². The van der Waals surface area contributed by atoms with Gasteiger partial charge in [0.2, 0.25) is 47.3 Å². The number of phenols is 1. The Morgan fingerprint density at radius 2 is 1.33 bits per heavy atom. The number of phenolic OH excluding ortho intramolecular Hbond substituents is 1. The van der Waals surface area contributed by atoms with E-state index in [0.29, 0.717) is 24.0 Å². The number of carbonyl (C=O) groups is 8. The lowest BCUT2D eigenvalue weighted by atomic mass is 9.97. The van der Waals surface area contributed by atoms with Gasteiger partial charge in [-0.25, -0.2) is 0 Å². The summed E-state index contributed by atoms with van der Waals surface area (Å²) in [5, 5.41) is 42.4. The first kappa shape index (κ1) is 48.3. The molecule has 1 heterocycles. The van der Waals surface area contributed by atoms with Crippen LogP contribution in [0.15, 0.2) is 54.6 Å². The number of carbonyl (C=O) groups excluding carboxylic acids is 8. The standard InChI is InChI=1S/C40H57N9O11/c1-4-21(2)32(47-37(57)30-11-8-16-49(30)40(60)29(20-50)46-35(55)26(41)17-24-12-14-25(52)15-13-24)38(58)48-33(22(3)51)39(59)45-28(19-31(42)53)36(56)44-27(34(43)54)18-23-9-6-5-7-10-23/h5-7,9-10,12-15,21-22,26-30,32-33,50-52H,4,8,11,16-20,41H2,1-3H3,(H2,42,53)(H2,43,54)(H,44,56)(H,45,59)(H,46,55)(H,47,57)(H,48,58)/t21-,22+,26-,27-,28-,29-,30-,32-,33-/m0/s1. The molecular weight excluding hydrogens is 782 g/mol. The average Bonchev–Trinajstić information content (AvgIpc) is 3.71. The molecule has 0 bridgehead atoms. The van der Waals surface area contributed by atoms with Crippen LogP contribution in [0.1, 0.15) is 57.6 Å². The van der Waals surface area contributed by atoms with Crippen LogP contribution in [0.3, 0.4) is 0 Å². The number of nitrogens with two attached hydrogens (primary N) is 3. The molecule has 0 unspecified atom stereocenters. The number of nitrogens with one attached hydrogen (secondary N) is 5. The highest BCUT2D eigenvalue weighted by molar-refractivity contribution is 5.98. The minimum absolute atomic E-state index is 0.00267. The van der Waals surface area contributed by atoms with Crippen molar-refractivity contribution < 1.29 is 53.7 Å². The first-order valence-electron chi connectivity index (χ1n) is 19.6. The Labute approximate surface area is 347 Å². The van der Waals surface area contributed by atoms with E-state index < -0.39 is 115 Å². The number of nitrogens with zero attached hydrogens (tertiary/aromatic N) is 1. The van der Waals surface area contributed by atoms with Gasteiger partial charge in [-0.15, -0.1) is 0 Å². The minimum atomic E-state index is -1.72. The van der Waals surface area contributed by atoms with Crippen LogP contribution in [0.25, 0.3) is 0 Å². The molecule has 0 saturated carbocycles. The first-order chi connectivity index (χ1) is 28.4. The van der Waals surface area contributed by atoms with Gasteiger partial charge < -0.3 is 64.0 Å². The van der Waals surface area contributed by atoms with Crippen LogP contribution >= 0.6 is 0 Å². The number of likely N-dealkylation sites (tertiary alicyclic amines) is 1. The Bertz CT molecular complexity index is 1830. The molecule has 8 amide bonds. The van der Waals surface area contributed by atoms with E-state index in [1.165, 1.54) is 24.0 Å². The number of hydrogen-bond acceptors (Lipinski definition) is 12. The predicted octanol–water partition coefficient (Wildman–Crippen LogP) is -3.30. The zero-order valence-electron chi connectivity index (χ0n) is 33.8. The van der Waals surface area contributed by atoms with Gasteiger partial charge in [0, 0.05) is 13.0 Å². The summed E-state index contributed by atoms with van der Waals surface area (Å²) in [6.45, 7) is 3.87. The molecule has 1 saturated heterocycles. The van der Waals surface area contributed by atoms with Crippen molar-refractivity contribution in [2.45, 2.75) is 108 Å². The van der Waals surface area contributed by atoms with Crippen molar-refractivity contribution in [3.63, 3.8) is 0 Å². The quantitative estimate of drug-likeness (QED) is 0.0556. The van der Waals surface area contributed by atoms with Crippen molar-refractivity contribution >= 4 is 47.3 Å². The molecule has 1 fully saturated rings. The Morgan fingerprint density at radius 3 is 1.90 bits per heavy atom. The summed E-state index contributed by atoms with van der Waals surface area (Å²) >= 11 is 0. The monoisotopic (exact) mass is 839 g/mol. The SMILES string of the molecule is CC[C@H](C)[C@H](NC(=O)[C@@H]1CCCN1C(=O)[C@H](CO)NC(=O)[C@@H](N)Cc1ccc(O)cc1)C(=O)N[C@H](C(=O)N[C@@H](CC(N)=O)C(=O)N[C@@H](Cc1ccccc1)C(N)=O)[C@@H](C)O. The molecule has 14 N–H and O–H groups in total. The number of amides is 8. The van der Waals surface area contributed by atoms with Gasteiger partial charge in [-0.1, -0.05) is 62.7 Å². The number of aliphatic hydroxyl groups excluding tert-OH is 2. The lowest BCUT2D eigenvalue weighted by molar-refractivity contribution is -0.143. The fraction of sp³-hybridized carbons (Fsp3) is 0.500. The van der Waals surface area contributed by atoms with E-state index in [4.69, 9.17) is 17.2 Å². The van der Waals surface area contributed by atoms with E-state index in [-0.39, 0.29) is 31.6 Å². The first-order valence-corrected chi connectivity index (χ1v) is 19.6. The summed E-state index contributed by atoms with van der Waals surface area (Å²) in [5.41, 5.74) is 18.2. The summed E-state index contributed by atoms with van der Waals surface area (Å²) in [7, 11) is 0. The van der Waals surface area contributed by atoms with Crippen molar-refractivity contribution in [1.29, 1.82) is 0 Å². The normalized spacial score (nSPS) is 17.6. The van der Waals surface area contributed by atoms with Gasteiger partial charge in [0.25, 0.3) is 0 Å². The van der Waals surface area contributed by atoms with E-state index in [1.807, 2.05) is 0 Å². The van der Waals surface area contributed by atoms with Crippen LogP contribution < -0.4 is 43.8 Å². The van der Waals surface area contributed by atoms with E-state index in [0.717, 1.165) is 0 Å². The van der Waals surface area contributed by atoms with Crippen LogP contribution in [0, 0.1) is 5.92 Å². The molecule has 9 atom stereocenters. The van der Waals surface area contributed by atoms with Crippen molar-refractivity contribution in [3.05, 3.63) is 65.7 Å². The molecule has 2 aromatic rings. The number of aromatic hydroxyl groups is 1. The molecule has 1 aliphatic rings. The fourth-order valence-corrected chi connectivity index (χ4v) is 6.56. The molecule has 60 heavy (non-hydrogen) atoms. The number of aliphatic hydroxyl groups is 2. The lowest BCUT2D eigenvalue weighted by Gasteiger charge is -2.31. The molecule has 0 radical (unpaired) electrons. The van der Waals surface area contributed by atoms with Gasteiger partial charge in [-0.2, -0.15) is 0 Å². The summed E-state index contributed by atoms with van der Waals surface area (Å²) in [6, 6.07) is 5.04. The second kappa shape index (κ2) is 22.9. The minimum Gasteiger partial charge on any atom is -0.508 e. The Kier molecular flexibility index (Phi) is 18.4. The second-order valence-electron chi connectivity index (χ2n) is 14.9. The van der Waals surface area contributed by atoms with Crippen molar-refractivity contribution in [1.82, 2.24) is 31.5 Å². The second-order valence-corrected chi connectivity index (χ2v) is 14.9. The van der Waals surface area contributed by atoms with E-state index in [2.05, 4.69) is 26.6 Å². The molecule has 20 heteroatoms. The van der Waals surface area contributed by atoms with Crippen LogP contribution in [0.4, 0.5) is 0 Å². The number of hydrogen-bond donors (Lipinski definition) is 11. The van der Waals surface area contributed by atoms with Gasteiger partial charge in [0.1, 0.15) is 42.0 Å². The van der Waals surface area contributed by atoms with Crippen molar-refractivity contribution in [2.75, 3.05) is 13.2 Å². The highest BCUT2D eigenvalue weighted by atomic mass is 16.3. The third kappa shape index (κ3) is 14.0. The molecule has 3 rings (SSSR count). The molecule has 0 aliphatic carbocycles. The van der Waals surface area contributed by atoms with Crippen LogP contribution in [-0.4, -0.2) is 129 Å². The fourth-order valence-electron chi connectivity index (χ4n) is 6.56. The van der Waals surface area contributed by atoms with Crippen LogP contribution in [-0.2, 0) is 51.2 Å². The maximum atomic E-state index is 13.8. The van der Waals surface area contributed by atoms with Gasteiger partial charge >= 0.3 is 0 Å². The summed E-state index contributed by atoms with van der Waals surface area (Å²) in [4.78, 5) is 106. The summed E-state index contributed by atoms with van der Waals surface area (Å²) in [5.74, 6) is -7.62. The molecule has 0 spiro atoms. The summed E-state index contributed by atoms with van der Waals surface area (Å²) in [6.07, 6.45) is -1.30. The highest BCUT2D eigenvalue weighted by Crippen LogP contribution is 2.20. The van der Waals surface area contributed by atoms with Gasteiger partial charge in [0.15, 0.2) is 0 Å². The molecular formula is C40H57N9O11. The zero-order chi connectivity index (χ0) is 44.7. The van der Waals surface area contributed by atoms with E-state index in [9.17, 15) is 53.7 Å². The molecule has 0 aromatic heterocycles. The predicted molar refractivity (Wildman–Crippen MR) is 216 cm³/mol. The summed E-state index contributed by atoms with van der Waals surface area (Å²) < 4.78 is 0. The van der Waals surface area contributed by atoms with Gasteiger partial charge in [-0.3, -0.25) is 38.4 Å². The molecule has 20 nitrogen and oxygen atoms in total. The molecule has 2 aromatic carbocycles. The van der Waals surface area contributed by atoms with E-state index in [1.54, 1.807) is 56.3 Å². The van der Waals surface area contributed by atoms with Crippen LogP contribution in [0.2, 0.25) is 0 Å². The van der Waals surface area contributed by atoms with E-state index >= 15 is 0 Å². The Balaban J connectivity index is 1.71. The van der Waals surface area contributed by atoms with Crippen molar-refractivity contribution in [2.24, 2.45) is 23.1 Å². The third-order valence-corrected chi connectivity index (χ3v) is 10.2. The third-order valence-electron chi connectivity index (χ3n) is 10.2. The van der Waals surface area contributed by atoms with Gasteiger partial charge in [-0.05, 0) is 55.4 Å². The number of rotatable bonds is 22. The van der Waals surface area contributed by atoms with Gasteiger partial charge in [0.05, 0.1) is 25.2 Å².